The Balaban J connectivity index is 3.34. The maximum Gasteiger partial charge on any atom is 0.281 e. The van der Waals surface area contributed by atoms with Gasteiger partial charge in [0.25, 0.3) is 5.69 Å². The van der Waals surface area contributed by atoms with Crippen LogP contribution in [0.3, 0.4) is 0 Å². The molecule has 2 N–H and O–H groups in total. The number of nitrogens with one attached hydrogen (secondary N) is 2. The Morgan fingerprint density at radius 2 is 2.33 bits per heavy atom. The highest BCUT2D eigenvalue weighted by Crippen LogP contribution is 2.28. The molecule has 5 nitrogen and oxygen atoms in total. The van der Waals surface area contributed by atoms with Crippen LogP contribution in [0.2, 0.25) is 0 Å². The first-order chi connectivity index (χ1) is 7.07. The Bertz CT molecular complexity index is 406. The summed E-state index contributed by atoms with van der Waals surface area (Å²) in [5.41, 5.74) is 0.799. The molecule has 0 saturated carbocycles. The number of halogens is 1. The lowest BCUT2D eigenvalue weighted by atomic mass is 10.1. The van der Waals surface area contributed by atoms with Crippen molar-refractivity contribution < 1.29 is 4.92 Å². The number of nitrogens with zero attached hydrogens (tertiary/aromatic N) is 1. The molecule has 0 unspecified atom stereocenters. The number of benzene rings is 1. The molecule has 1 rings (SSSR count). The molecule has 0 saturated heterocycles. The first-order valence-corrected chi connectivity index (χ1v) is 5.13. The van der Waals surface area contributed by atoms with E-state index >= 15 is 0 Å². The van der Waals surface area contributed by atoms with E-state index in [0.717, 1.165) is 0 Å². The molecule has 0 amide bonds. The highest BCUT2D eigenvalue weighted by atomic mass is 79.9. The second-order valence-corrected chi connectivity index (χ2v) is 3.59. The van der Waals surface area contributed by atoms with Crippen molar-refractivity contribution in [2.45, 2.75) is 6.92 Å². The van der Waals surface area contributed by atoms with Gasteiger partial charge in [-0.2, -0.15) is 0 Å². The molecule has 1 aromatic rings. The zero-order chi connectivity index (χ0) is 11.4. The zero-order valence-corrected chi connectivity index (χ0v) is 9.67. The molecule has 1 aromatic carbocycles. The van der Waals surface area contributed by atoms with Gasteiger partial charge in [-0.05, 0) is 28.9 Å². The van der Waals surface area contributed by atoms with Crippen LogP contribution in [-0.2, 0) is 0 Å². The van der Waals surface area contributed by atoms with E-state index in [4.69, 9.17) is 5.41 Å². The first kappa shape index (κ1) is 11.6. The van der Waals surface area contributed by atoms with Gasteiger partial charge >= 0.3 is 0 Å². The zero-order valence-electron chi connectivity index (χ0n) is 8.08. The molecule has 80 valence electrons. The number of nitro benzene ring substituents is 1. The number of hydrogen-bond donors (Lipinski definition) is 2. The van der Waals surface area contributed by atoms with Crippen LogP contribution in [0.1, 0.15) is 12.5 Å². The van der Waals surface area contributed by atoms with Gasteiger partial charge in [-0.15, -0.1) is 0 Å². The minimum absolute atomic E-state index is 0.00532. The van der Waals surface area contributed by atoms with Crippen molar-refractivity contribution in [3.63, 3.8) is 0 Å². The van der Waals surface area contributed by atoms with Crippen LogP contribution in [0.4, 0.5) is 11.4 Å². The lowest BCUT2D eigenvalue weighted by Gasteiger charge is -2.08. The van der Waals surface area contributed by atoms with Crippen molar-refractivity contribution in [2.24, 2.45) is 0 Å². The van der Waals surface area contributed by atoms with E-state index < -0.39 is 4.92 Å². The quantitative estimate of drug-likeness (QED) is 0.502. The number of anilines is 1. The topological polar surface area (TPSA) is 79.0 Å². The second-order valence-electron chi connectivity index (χ2n) is 2.80. The molecule has 0 spiro atoms. The molecule has 0 aliphatic heterocycles. The third kappa shape index (κ3) is 2.53. The molecule has 0 atom stereocenters. The van der Waals surface area contributed by atoms with Crippen molar-refractivity contribution in [1.82, 2.24) is 0 Å². The Hall–Kier alpha value is -1.43. The second kappa shape index (κ2) is 4.88. The third-order valence-corrected chi connectivity index (χ3v) is 2.22. The van der Waals surface area contributed by atoms with Crippen LogP contribution in [0.25, 0.3) is 0 Å². The minimum atomic E-state index is -0.494. The van der Waals surface area contributed by atoms with Gasteiger partial charge < -0.3 is 5.32 Å². The highest BCUT2D eigenvalue weighted by molar-refractivity contribution is 9.18. The van der Waals surface area contributed by atoms with Crippen molar-refractivity contribution in [2.75, 3.05) is 11.9 Å². The normalized spacial score (nSPS) is 9.73. The summed E-state index contributed by atoms with van der Waals surface area (Å²) in [5.74, 6) is 0. The fourth-order valence-corrected chi connectivity index (χ4v) is 1.68. The van der Waals surface area contributed by atoms with Gasteiger partial charge in [-0.25, -0.2) is 0 Å². The molecule has 0 heterocycles. The van der Waals surface area contributed by atoms with Crippen LogP contribution in [-0.4, -0.2) is 16.1 Å². The van der Waals surface area contributed by atoms with E-state index in [0.29, 0.717) is 12.2 Å². The van der Waals surface area contributed by atoms with E-state index in [9.17, 15) is 10.1 Å². The molecule has 15 heavy (non-hydrogen) atoms. The van der Waals surface area contributed by atoms with Crippen molar-refractivity contribution in [1.29, 1.82) is 5.41 Å². The van der Waals surface area contributed by atoms with Crippen LogP contribution < -0.4 is 5.32 Å². The molecule has 0 radical (unpaired) electrons. The summed E-state index contributed by atoms with van der Waals surface area (Å²) in [6, 6.07) is 4.68. The highest BCUT2D eigenvalue weighted by Gasteiger charge is 2.19. The Kier molecular flexibility index (Phi) is 3.79. The Labute approximate surface area is 95.3 Å². The molecule has 0 bridgehead atoms. The summed E-state index contributed by atoms with van der Waals surface area (Å²) in [5, 5.41) is 21.2. The molecule has 0 aliphatic carbocycles. The van der Waals surface area contributed by atoms with Crippen molar-refractivity contribution >= 4 is 31.9 Å². The maximum absolute atomic E-state index is 10.7. The van der Waals surface area contributed by atoms with E-state index in [-0.39, 0.29) is 15.9 Å². The van der Waals surface area contributed by atoms with Crippen molar-refractivity contribution in [3.8, 4) is 0 Å². The SMILES string of the molecule is CCNc1cccc([N+](=O)[O-])c1C(=N)Br. The maximum atomic E-state index is 10.7. The Morgan fingerprint density at radius 3 is 2.80 bits per heavy atom. The largest absolute Gasteiger partial charge is 0.385 e. The van der Waals surface area contributed by atoms with Crippen LogP contribution in [0.5, 0.6) is 0 Å². The fraction of sp³-hybridized carbons (Fsp3) is 0.222. The van der Waals surface area contributed by atoms with Gasteiger partial charge in [-0.1, -0.05) is 6.07 Å². The fourth-order valence-electron chi connectivity index (χ4n) is 1.26. The Morgan fingerprint density at radius 1 is 1.67 bits per heavy atom. The van der Waals surface area contributed by atoms with E-state index in [1.807, 2.05) is 6.92 Å². The summed E-state index contributed by atoms with van der Waals surface area (Å²) >= 11 is 2.96. The van der Waals surface area contributed by atoms with Gasteiger partial charge in [0, 0.05) is 12.6 Å². The summed E-state index contributed by atoms with van der Waals surface area (Å²) < 4.78 is 0.00532. The van der Waals surface area contributed by atoms with Gasteiger partial charge in [0.15, 0.2) is 0 Å². The smallest absolute Gasteiger partial charge is 0.281 e. The number of rotatable bonds is 4. The van der Waals surface area contributed by atoms with E-state index in [1.54, 1.807) is 12.1 Å². The number of nitro groups is 1. The van der Waals surface area contributed by atoms with Crippen LogP contribution in [0.15, 0.2) is 18.2 Å². The van der Waals surface area contributed by atoms with E-state index in [2.05, 4.69) is 21.2 Å². The standard InChI is InChI=1S/C9H10BrN3O2/c1-2-12-6-4-3-5-7(13(14)15)8(6)9(10)11/h3-5,11-12H,2H2,1H3. The predicted octanol–water partition coefficient (Wildman–Crippen LogP) is 2.75. The summed E-state index contributed by atoms with van der Waals surface area (Å²) in [4.78, 5) is 10.2. The predicted molar refractivity (Wildman–Crippen MR) is 63.0 cm³/mol. The molecule has 0 fully saturated rings. The lowest BCUT2D eigenvalue weighted by molar-refractivity contribution is -0.384. The third-order valence-electron chi connectivity index (χ3n) is 1.83. The summed E-state index contributed by atoms with van der Waals surface area (Å²) in [6.45, 7) is 2.54. The van der Waals surface area contributed by atoms with Gasteiger partial charge in [0.2, 0.25) is 0 Å². The minimum Gasteiger partial charge on any atom is -0.385 e. The number of hydrogen-bond acceptors (Lipinski definition) is 4. The monoisotopic (exact) mass is 271 g/mol. The summed E-state index contributed by atoms with van der Waals surface area (Å²) in [6.07, 6.45) is 0. The first-order valence-electron chi connectivity index (χ1n) is 4.33. The van der Waals surface area contributed by atoms with Gasteiger partial charge in [0.05, 0.1) is 10.6 Å². The van der Waals surface area contributed by atoms with Gasteiger partial charge in [0.1, 0.15) is 10.2 Å². The molecule has 0 aromatic heterocycles. The van der Waals surface area contributed by atoms with Crippen molar-refractivity contribution in [3.05, 3.63) is 33.9 Å². The molecular formula is C9H10BrN3O2. The molecular weight excluding hydrogens is 262 g/mol. The lowest BCUT2D eigenvalue weighted by Crippen LogP contribution is -2.05. The average molecular weight is 272 g/mol. The average Bonchev–Trinajstić information content (AvgIpc) is 2.17. The summed E-state index contributed by atoms with van der Waals surface area (Å²) in [7, 11) is 0. The van der Waals surface area contributed by atoms with E-state index in [1.165, 1.54) is 6.07 Å². The van der Waals surface area contributed by atoms with Gasteiger partial charge in [-0.3, -0.25) is 15.5 Å². The molecule has 6 heteroatoms. The van der Waals surface area contributed by atoms with Crippen LogP contribution in [0, 0.1) is 15.5 Å². The molecule has 0 aliphatic rings. The van der Waals surface area contributed by atoms with Crippen LogP contribution >= 0.6 is 15.9 Å².